The van der Waals surface area contributed by atoms with Crippen molar-refractivity contribution < 1.29 is 4.74 Å². The van der Waals surface area contributed by atoms with Crippen LogP contribution in [-0.2, 0) is 16.5 Å². The van der Waals surface area contributed by atoms with Crippen LogP contribution >= 0.6 is 0 Å². The number of benzene rings is 1. The van der Waals surface area contributed by atoms with E-state index in [1.54, 1.807) is 0 Å². The quantitative estimate of drug-likeness (QED) is 0.421. The smallest absolute Gasteiger partial charge is 0.158 e. The molecule has 0 saturated heterocycles. The van der Waals surface area contributed by atoms with Crippen molar-refractivity contribution >= 4 is 11.8 Å². The molecule has 0 spiro atoms. The third kappa shape index (κ3) is 4.18. The van der Waals surface area contributed by atoms with E-state index < -0.39 is 0 Å². The fourth-order valence-electron chi connectivity index (χ4n) is 1.89. The second kappa shape index (κ2) is 6.97. The average Bonchev–Trinajstić information content (AvgIpc) is 2.20. The summed E-state index contributed by atoms with van der Waals surface area (Å²) in [5, 5.41) is 0. The normalized spacial score (nSPS) is 10.8. The standard InChI is InChI=1S/C14H22OS/c1-5-6-15-7-8-16-14-12(3)9-11(2)10-13(14)4/h9-10H,5-8H2,1-4H3/p+1. The maximum absolute atomic E-state index is 5.50. The molecule has 0 aliphatic carbocycles. The summed E-state index contributed by atoms with van der Waals surface area (Å²) in [7, 11) is 0. The molecule has 0 heterocycles. The summed E-state index contributed by atoms with van der Waals surface area (Å²) >= 11 is 1.40. The zero-order valence-electron chi connectivity index (χ0n) is 10.8. The highest BCUT2D eigenvalue weighted by molar-refractivity contribution is 7.78. The zero-order chi connectivity index (χ0) is 12.0. The fraction of sp³-hybridized carbons (Fsp3) is 0.571. The summed E-state index contributed by atoms with van der Waals surface area (Å²) in [6.07, 6.45) is 1.11. The van der Waals surface area contributed by atoms with Gasteiger partial charge >= 0.3 is 0 Å². The maximum Gasteiger partial charge on any atom is 0.158 e. The molecule has 1 aromatic rings. The van der Waals surface area contributed by atoms with Crippen LogP contribution in [0.4, 0.5) is 0 Å². The van der Waals surface area contributed by atoms with Crippen LogP contribution in [0.15, 0.2) is 17.0 Å². The lowest BCUT2D eigenvalue weighted by molar-refractivity contribution is 0.150. The van der Waals surface area contributed by atoms with Crippen LogP contribution in [-0.4, -0.2) is 19.0 Å². The Hall–Kier alpha value is -0.470. The Labute approximate surface area is 104 Å². The summed E-state index contributed by atoms with van der Waals surface area (Å²) in [5.74, 6) is 1.10. The number of hydrogen-bond acceptors (Lipinski definition) is 1. The number of ether oxygens (including phenoxy) is 1. The average molecular weight is 239 g/mol. The SMILES string of the molecule is CCCOCC[SH+]c1c(C)cc(C)cc1C. The molecule has 0 aromatic heterocycles. The molecule has 0 fully saturated rings. The Morgan fingerprint density at radius 2 is 1.69 bits per heavy atom. The molecule has 1 aromatic carbocycles. The van der Waals surface area contributed by atoms with Gasteiger partial charge in [-0.1, -0.05) is 24.6 Å². The van der Waals surface area contributed by atoms with E-state index in [0.29, 0.717) is 0 Å². The fourth-order valence-corrected chi connectivity index (χ4v) is 2.96. The van der Waals surface area contributed by atoms with Crippen LogP contribution in [0.25, 0.3) is 0 Å². The largest absolute Gasteiger partial charge is 0.377 e. The minimum atomic E-state index is 0.877. The van der Waals surface area contributed by atoms with Gasteiger partial charge < -0.3 is 4.74 Å². The molecule has 0 unspecified atom stereocenters. The molecule has 0 aliphatic heterocycles. The molecule has 16 heavy (non-hydrogen) atoms. The van der Waals surface area contributed by atoms with Crippen molar-refractivity contribution in [3.05, 3.63) is 28.8 Å². The van der Waals surface area contributed by atoms with E-state index in [-0.39, 0.29) is 0 Å². The Balaban J connectivity index is 2.47. The van der Waals surface area contributed by atoms with E-state index >= 15 is 0 Å². The molecule has 1 nitrogen and oxygen atoms in total. The first-order valence-corrected chi connectivity index (χ1v) is 7.06. The maximum atomic E-state index is 5.50. The van der Waals surface area contributed by atoms with E-state index in [4.69, 9.17) is 4.74 Å². The molecule has 90 valence electrons. The Bertz CT molecular complexity index is 311. The summed E-state index contributed by atoms with van der Waals surface area (Å²) in [5.41, 5.74) is 4.18. The molecule has 0 saturated carbocycles. The van der Waals surface area contributed by atoms with Gasteiger partial charge in [-0.05, 0) is 27.2 Å². The highest BCUT2D eigenvalue weighted by atomic mass is 32.2. The van der Waals surface area contributed by atoms with Gasteiger partial charge in [0.05, 0.1) is 6.61 Å². The van der Waals surface area contributed by atoms with Crippen LogP contribution in [0.3, 0.4) is 0 Å². The van der Waals surface area contributed by atoms with Gasteiger partial charge in [0.15, 0.2) is 4.90 Å². The van der Waals surface area contributed by atoms with E-state index in [9.17, 15) is 0 Å². The van der Waals surface area contributed by atoms with Crippen LogP contribution in [0.2, 0.25) is 0 Å². The van der Waals surface area contributed by atoms with Gasteiger partial charge in [-0.15, -0.1) is 0 Å². The molecular weight excluding hydrogens is 216 g/mol. The van der Waals surface area contributed by atoms with Crippen LogP contribution in [0, 0.1) is 20.8 Å². The lowest BCUT2D eigenvalue weighted by atomic mass is 10.1. The number of aryl methyl sites for hydroxylation is 3. The Kier molecular flexibility index (Phi) is 5.93. The van der Waals surface area contributed by atoms with Crippen LogP contribution in [0.1, 0.15) is 30.0 Å². The molecule has 1 rings (SSSR count). The van der Waals surface area contributed by atoms with Crippen LogP contribution < -0.4 is 0 Å². The molecular formula is C14H23OS+. The highest BCUT2D eigenvalue weighted by Crippen LogP contribution is 2.18. The predicted molar refractivity (Wildman–Crippen MR) is 73.7 cm³/mol. The Morgan fingerprint density at radius 3 is 2.25 bits per heavy atom. The van der Waals surface area contributed by atoms with Gasteiger partial charge in [0, 0.05) is 29.5 Å². The molecule has 0 radical (unpaired) electrons. The van der Waals surface area contributed by atoms with Gasteiger partial charge in [0.2, 0.25) is 0 Å². The molecule has 0 bridgehead atoms. The van der Waals surface area contributed by atoms with Crippen molar-refractivity contribution in [3.63, 3.8) is 0 Å². The minimum Gasteiger partial charge on any atom is -0.377 e. The van der Waals surface area contributed by atoms with Crippen molar-refractivity contribution in [2.75, 3.05) is 19.0 Å². The van der Waals surface area contributed by atoms with Gasteiger partial charge in [-0.3, -0.25) is 0 Å². The second-order valence-electron chi connectivity index (χ2n) is 4.24. The molecule has 0 amide bonds. The summed E-state index contributed by atoms with van der Waals surface area (Å²) in [4.78, 5) is 1.48. The lowest BCUT2D eigenvalue weighted by Gasteiger charge is -2.04. The van der Waals surface area contributed by atoms with Crippen molar-refractivity contribution in [3.8, 4) is 0 Å². The first-order valence-electron chi connectivity index (χ1n) is 5.98. The number of hydrogen-bond donors (Lipinski definition) is 0. The third-order valence-corrected chi connectivity index (χ3v) is 3.92. The summed E-state index contributed by atoms with van der Waals surface area (Å²) < 4.78 is 5.50. The number of thiol groups is 1. The predicted octanol–water partition coefficient (Wildman–Crippen LogP) is 3.21. The molecule has 0 atom stereocenters. The van der Waals surface area contributed by atoms with Gasteiger partial charge in [0.1, 0.15) is 5.75 Å². The molecule has 2 heteroatoms. The number of rotatable bonds is 6. The monoisotopic (exact) mass is 239 g/mol. The zero-order valence-corrected chi connectivity index (χ0v) is 11.7. The van der Waals surface area contributed by atoms with E-state index in [1.807, 2.05) is 0 Å². The summed E-state index contributed by atoms with van der Waals surface area (Å²) in [6, 6.07) is 4.53. The van der Waals surface area contributed by atoms with Crippen LogP contribution in [0.5, 0.6) is 0 Å². The third-order valence-electron chi connectivity index (χ3n) is 2.49. The van der Waals surface area contributed by atoms with Gasteiger partial charge in [0.25, 0.3) is 0 Å². The van der Waals surface area contributed by atoms with E-state index in [0.717, 1.165) is 25.4 Å². The first-order chi connectivity index (χ1) is 7.65. The van der Waals surface area contributed by atoms with Crippen molar-refractivity contribution in [2.45, 2.75) is 39.0 Å². The molecule has 0 N–H and O–H groups in total. The molecule has 0 aliphatic rings. The van der Waals surface area contributed by atoms with Crippen molar-refractivity contribution in [1.29, 1.82) is 0 Å². The topological polar surface area (TPSA) is 9.23 Å². The van der Waals surface area contributed by atoms with Crippen molar-refractivity contribution in [1.82, 2.24) is 0 Å². The minimum absolute atomic E-state index is 0.877. The first kappa shape index (κ1) is 13.6. The van der Waals surface area contributed by atoms with E-state index in [2.05, 4.69) is 39.8 Å². The van der Waals surface area contributed by atoms with E-state index in [1.165, 1.54) is 33.3 Å². The van der Waals surface area contributed by atoms with Crippen molar-refractivity contribution in [2.24, 2.45) is 0 Å². The van der Waals surface area contributed by atoms with Gasteiger partial charge in [-0.25, -0.2) is 0 Å². The Morgan fingerprint density at radius 1 is 1.06 bits per heavy atom. The lowest BCUT2D eigenvalue weighted by Crippen LogP contribution is -2.05. The summed E-state index contributed by atoms with van der Waals surface area (Å²) in [6.45, 7) is 10.5. The second-order valence-corrected chi connectivity index (χ2v) is 5.45. The van der Waals surface area contributed by atoms with Gasteiger partial charge in [-0.2, -0.15) is 0 Å². The highest BCUT2D eigenvalue weighted by Gasteiger charge is 2.11.